The highest BCUT2D eigenvalue weighted by Crippen LogP contribution is 2.14. The molecule has 0 saturated carbocycles. The van der Waals surface area contributed by atoms with Crippen LogP contribution in [0.4, 0.5) is 0 Å². The molecule has 3 heteroatoms. The Balaban J connectivity index is 1.82. The summed E-state index contributed by atoms with van der Waals surface area (Å²) >= 11 is 0. The van der Waals surface area contributed by atoms with Crippen LogP contribution < -0.4 is 0 Å². The van der Waals surface area contributed by atoms with Crippen LogP contribution in [0.15, 0.2) is 30.3 Å². The molecule has 0 aliphatic carbocycles. The molecule has 0 aromatic heterocycles. The number of hydrogen-bond acceptors (Lipinski definition) is 2. The standard InChI is InChI=1S/C15H19NO2/c17-12-14(11-13-5-2-1-3-6-13)8-10-16-9-4-7-15(16)18/h1-3,5-6,12,14H,4,7-11H2. The summed E-state index contributed by atoms with van der Waals surface area (Å²) < 4.78 is 0. The van der Waals surface area contributed by atoms with E-state index >= 15 is 0 Å². The lowest BCUT2D eigenvalue weighted by molar-refractivity contribution is -0.128. The van der Waals surface area contributed by atoms with Gasteiger partial charge in [-0.3, -0.25) is 4.79 Å². The molecule has 1 aromatic rings. The molecule has 0 N–H and O–H groups in total. The Morgan fingerprint density at radius 2 is 2.06 bits per heavy atom. The van der Waals surface area contributed by atoms with Crippen molar-refractivity contribution in [2.24, 2.45) is 5.92 Å². The van der Waals surface area contributed by atoms with E-state index in [-0.39, 0.29) is 11.8 Å². The Morgan fingerprint density at radius 1 is 1.28 bits per heavy atom. The average Bonchev–Trinajstić information content (AvgIpc) is 2.81. The van der Waals surface area contributed by atoms with Gasteiger partial charge < -0.3 is 9.69 Å². The zero-order valence-corrected chi connectivity index (χ0v) is 10.5. The van der Waals surface area contributed by atoms with Crippen molar-refractivity contribution in [3.8, 4) is 0 Å². The molecule has 3 nitrogen and oxygen atoms in total. The number of rotatable bonds is 6. The van der Waals surface area contributed by atoms with Crippen LogP contribution in [0, 0.1) is 5.92 Å². The van der Waals surface area contributed by atoms with E-state index in [2.05, 4.69) is 0 Å². The molecule has 0 spiro atoms. The summed E-state index contributed by atoms with van der Waals surface area (Å²) in [6.07, 6.45) is 4.19. The van der Waals surface area contributed by atoms with Crippen molar-refractivity contribution < 1.29 is 9.59 Å². The Labute approximate surface area is 108 Å². The SMILES string of the molecule is O=CC(CCN1CCCC1=O)Cc1ccccc1. The predicted molar refractivity (Wildman–Crippen MR) is 70.1 cm³/mol. The van der Waals surface area contributed by atoms with Crippen LogP contribution in [0.25, 0.3) is 0 Å². The number of carbonyl (C=O) groups excluding carboxylic acids is 2. The molecule has 1 aromatic carbocycles. The van der Waals surface area contributed by atoms with Crippen molar-refractivity contribution in [3.05, 3.63) is 35.9 Å². The molecular weight excluding hydrogens is 226 g/mol. The van der Waals surface area contributed by atoms with Gasteiger partial charge in [0.15, 0.2) is 0 Å². The second-order valence-corrected chi connectivity index (χ2v) is 4.86. The minimum atomic E-state index is 0.0146. The fraction of sp³-hybridized carbons (Fsp3) is 0.467. The van der Waals surface area contributed by atoms with E-state index in [9.17, 15) is 9.59 Å². The average molecular weight is 245 g/mol. The molecule has 18 heavy (non-hydrogen) atoms. The van der Waals surface area contributed by atoms with Gasteiger partial charge in [0.1, 0.15) is 6.29 Å². The van der Waals surface area contributed by atoms with Crippen LogP contribution in [-0.2, 0) is 16.0 Å². The number of carbonyl (C=O) groups is 2. The second kappa shape index (κ2) is 6.34. The molecule has 0 bridgehead atoms. The van der Waals surface area contributed by atoms with Gasteiger partial charge in [-0.25, -0.2) is 0 Å². The number of likely N-dealkylation sites (tertiary alicyclic amines) is 1. The van der Waals surface area contributed by atoms with Crippen LogP contribution in [0.2, 0.25) is 0 Å². The van der Waals surface area contributed by atoms with Crippen molar-refractivity contribution in [1.82, 2.24) is 4.90 Å². The van der Waals surface area contributed by atoms with E-state index in [1.54, 1.807) is 0 Å². The molecule has 1 unspecified atom stereocenters. The Bertz CT molecular complexity index is 402. The Kier molecular flexibility index (Phi) is 4.51. The third kappa shape index (κ3) is 3.42. The fourth-order valence-corrected chi connectivity index (χ4v) is 2.40. The smallest absolute Gasteiger partial charge is 0.222 e. The van der Waals surface area contributed by atoms with Crippen molar-refractivity contribution >= 4 is 12.2 Å². The lowest BCUT2D eigenvalue weighted by Crippen LogP contribution is -2.27. The zero-order valence-electron chi connectivity index (χ0n) is 10.5. The minimum Gasteiger partial charge on any atom is -0.343 e. The van der Waals surface area contributed by atoms with Crippen LogP contribution in [0.1, 0.15) is 24.8 Å². The van der Waals surface area contributed by atoms with Gasteiger partial charge >= 0.3 is 0 Å². The number of nitrogens with zero attached hydrogens (tertiary/aromatic N) is 1. The maximum absolute atomic E-state index is 11.5. The topological polar surface area (TPSA) is 37.4 Å². The molecular formula is C15H19NO2. The number of aldehydes is 1. The fourth-order valence-electron chi connectivity index (χ4n) is 2.40. The summed E-state index contributed by atoms with van der Waals surface area (Å²) in [4.78, 5) is 24.4. The minimum absolute atomic E-state index is 0.0146. The van der Waals surface area contributed by atoms with Crippen molar-refractivity contribution in [2.45, 2.75) is 25.7 Å². The van der Waals surface area contributed by atoms with E-state index in [1.807, 2.05) is 35.2 Å². The first-order valence-electron chi connectivity index (χ1n) is 6.56. The van der Waals surface area contributed by atoms with E-state index in [1.165, 1.54) is 5.56 Å². The molecule has 2 rings (SSSR count). The number of benzene rings is 1. The molecule has 0 radical (unpaired) electrons. The molecule has 1 fully saturated rings. The van der Waals surface area contributed by atoms with Crippen molar-refractivity contribution in [1.29, 1.82) is 0 Å². The summed E-state index contributed by atoms with van der Waals surface area (Å²) in [6, 6.07) is 10.0. The van der Waals surface area contributed by atoms with Gasteiger partial charge in [0.05, 0.1) is 0 Å². The highest BCUT2D eigenvalue weighted by Gasteiger charge is 2.20. The molecule has 1 saturated heterocycles. The normalized spacial score (nSPS) is 16.9. The van der Waals surface area contributed by atoms with Gasteiger partial charge in [0, 0.05) is 25.4 Å². The van der Waals surface area contributed by atoms with Gasteiger partial charge in [-0.2, -0.15) is 0 Å². The van der Waals surface area contributed by atoms with Crippen LogP contribution in [0.5, 0.6) is 0 Å². The quantitative estimate of drug-likeness (QED) is 0.719. The predicted octanol–water partition coefficient (Wildman–Crippen LogP) is 2.06. The van der Waals surface area contributed by atoms with Crippen LogP contribution in [-0.4, -0.2) is 30.2 Å². The second-order valence-electron chi connectivity index (χ2n) is 4.86. The molecule has 96 valence electrons. The monoisotopic (exact) mass is 245 g/mol. The first-order chi connectivity index (χ1) is 8.79. The third-order valence-corrected chi connectivity index (χ3v) is 3.47. The van der Waals surface area contributed by atoms with Gasteiger partial charge in [-0.05, 0) is 24.8 Å². The largest absolute Gasteiger partial charge is 0.343 e. The summed E-state index contributed by atoms with van der Waals surface area (Å²) in [5.74, 6) is 0.250. The first kappa shape index (κ1) is 12.8. The van der Waals surface area contributed by atoms with E-state index in [0.717, 1.165) is 38.6 Å². The summed E-state index contributed by atoms with van der Waals surface area (Å²) in [6.45, 7) is 1.57. The lowest BCUT2D eigenvalue weighted by atomic mass is 9.97. The summed E-state index contributed by atoms with van der Waals surface area (Å²) in [5.41, 5.74) is 1.18. The Morgan fingerprint density at radius 3 is 2.67 bits per heavy atom. The summed E-state index contributed by atoms with van der Waals surface area (Å²) in [7, 11) is 0. The van der Waals surface area contributed by atoms with E-state index in [4.69, 9.17) is 0 Å². The molecule has 1 heterocycles. The third-order valence-electron chi connectivity index (χ3n) is 3.47. The van der Waals surface area contributed by atoms with Gasteiger partial charge in [-0.1, -0.05) is 30.3 Å². The molecule has 1 aliphatic heterocycles. The summed E-state index contributed by atoms with van der Waals surface area (Å²) in [5, 5.41) is 0. The van der Waals surface area contributed by atoms with Crippen LogP contribution in [0.3, 0.4) is 0 Å². The molecule has 1 atom stereocenters. The maximum atomic E-state index is 11.5. The molecule has 1 aliphatic rings. The maximum Gasteiger partial charge on any atom is 0.222 e. The van der Waals surface area contributed by atoms with Gasteiger partial charge in [-0.15, -0.1) is 0 Å². The van der Waals surface area contributed by atoms with E-state index < -0.39 is 0 Å². The highest BCUT2D eigenvalue weighted by molar-refractivity contribution is 5.78. The first-order valence-corrected chi connectivity index (χ1v) is 6.56. The molecule has 1 amide bonds. The van der Waals surface area contributed by atoms with E-state index in [0.29, 0.717) is 6.42 Å². The van der Waals surface area contributed by atoms with Crippen LogP contribution >= 0.6 is 0 Å². The lowest BCUT2D eigenvalue weighted by Gasteiger charge is -2.18. The zero-order chi connectivity index (χ0) is 12.8. The number of hydrogen-bond donors (Lipinski definition) is 0. The van der Waals surface area contributed by atoms with Crippen molar-refractivity contribution in [2.75, 3.05) is 13.1 Å². The highest BCUT2D eigenvalue weighted by atomic mass is 16.2. The van der Waals surface area contributed by atoms with Gasteiger partial charge in [0.2, 0.25) is 5.91 Å². The van der Waals surface area contributed by atoms with Crippen molar-refractivity contribution in [3.63, 3.8) is 0 Å². The van der Waals surface area contributed by atoms with Gasteiger partial charge in [0.25, 0.3) is 0 Å². The Hall–Kier alpha value is -1.64. The number of amides is 1.